The van der Waals surface area contributed by atoms with Crippen molar-refractivity contribution >= 4 is 11.0 Å². The summed E-state index contributed by atoms with van der Waals surface area (Å²) in [4.78, 5) is 8.67. The molecule has 0 saturated heterocycles. The van der Waals surface area contributed by atoms with Crippen molar-refractivity contribution in [1.29, 1.82) is 0 Å². The van der Waals surface area contributed by atoms with Crippen LogP contribution in [0, 0.1) is 5.92 Å². The van der Waals surface area contributed by atoms with E-state index in [9.17, 15) is 0 Å². The van der Waals surface area contributed by atoms with E-state index in [4.69, 9.17) is 5.73 Å². The lowest BCUT2D eigenvalue weighted by molar-refractivity contribution is 0.566. The van der Waals surface area contributed by atoms with Crippen molar-refractivity contribution in [2.45, 2.75) is 25.3 Å². The average molecular weight is 216 g/mol. The van der Waals surface area contributed by atoms with Gasteiger partial charge in [0.05, 0.1) is 11.7 Å². The number of pyridine rings is 1. The number of nitrogens with zero attached hydrogens (tertiary/aromatic N) is 3. The summed E-state index contributed by atoms with van der Waals surface area (Å²) < 4.78 is 2.12. The topological polar surface area (TPSA) is 56.7 Å². The maximum absolute atomic E-state index is 6.13. The Bertz CT molecular complexity index is 513. The molecule has 2 heterocycles. The summed E-state index contributed by atoms with van der Waals surface area (Å²) >= 11 is 0. The number of imidazole rings is 1. The van der Waals surface area contributed by atoms with E-state index in [0.717, 1.165) is 29.2 Å². The number of aromatic nitrogens is 3. The van der Waals surface area contributed by atoms with E-state index >= 15 is 0 Å². The van der Waals surface area contributed by atoms with E-state index in [1.165, 1.54) is 12.8 Å². The number of hydrogen-bond acceptors (Lipinski definition) is 3. The normalized spacial score (nSPS) is 17.9. The van der Waals surface area contributed by atoms with Gasteiger partial charge in [-0.1, -0.05) is 0 Å². The zero-order chi connectivity index (χ0) is 11.1. The Kier molecular flexibility index (Phi) is 2.17. The van der Waals surface area contributed by atoms with Crippen LogP contribution in [0.3, 0.4) is 0 Å². The lowest BCUT2D eigenvalue weighted by Gasteiger charge is -2.09. The summed E-state index contributed by atoms with van der Waals surface area (Å²) in [5.74, 6) is 1.79. The predicted octanol–water partition coefficient (Wildman–Crippen LogP) is 1.25. The van der Waals surface area contributed by atoms with Crippen molar-refractivity contribution in [3.8, 4) is 0 Å². The van der Waals surface area contributed by atoms with Gasteiger partial charge in [-0.3, -0.25) is 4.98 Å². The van der Waals surface area contributed by atoms with Crippen LogP contribution in [-0.4, -0.2) is 20.6 Å². The first-order valence-corrected chi connectivity index (χ1v) is 5.76. The fraction of sp³-hybridized carbons (Fsp3) is 0.500. The maximum Gasteiger partial charge on any atom is 0.111 e. The Labute approximate surface area is 94.5 Å². The van der Waals surface area contributed by atoms with Crippen LogP contribution in [0.15, 0.2) is 18.5 Å². The molecule has 3 rings (SSSR count). The molecule has 4 nitrogen and oxygen atoms in total. The molecule has 2 aromatic heterocycles. The molecule has 0 aliphatic heterocycles. The lowest BCUT2D eigenvalue weighted by Crippen LogP contribution is -2.26. The minimum Gasteiger partial charge on any atom is -0.331 e. The number of aryl methyl sites for hydroxylation is 1. The van der Waals surface area contributed by atoms with Crippen LogP contribution >= 0.6 is 0 Å². The second-order valence-corrected chi connectivity index (χ2v) is 4.66. The SMILES string of the molecule is Cn1c(CC(N)C2CC2)nc2cnccc21. The third-order valence-electron chi connectivity index (χ3n) is 3.42. The summed E-state index contributed by atoms with van der Waals surface area (Å²) in [6, 6.07) is 2.26. The molecule has 0 aromatic carbocycles. The van der Waals surface area contributed by atoms with Gasteiger partial charge in [0, 0.05) is 25.7 Å². The average Bonchev–Trinajstić information content (AvgIpc) is 3.08. The van der Waals surface area contributed by atoms with Crippen molar-refractivity contribution in [2.75, 3.05) is 0 Å². The van der Waals surface area contributed by atoms with Gasteiger partial charge in [0.15, 0.2) is 0 Å². The van der Waals surface area contributed by atoms with E-state index in [0.29, 0.717) is 0 Å². The highest BCUT2D eigenvalue weighted by atomic mass is 15.1. The molecular formula is C12H16N4. The Balaban J connectivity index is 1.93. The molecule has 1 atom stereocenters. The van der Waals surface area contributed by atoms with Crippen molar-refractivity contribution in [3.63, 3.8) is 0 Å². The van der Waals surface area contributed by atoms with Crippen molar-refractivity contribution in [1.82, 2.24) is 14.5 Å². The predicted molar refractivity (Wildman–Crippen MR) is 62.9 cm³/mol. The van der Waals surface area contributed by atoms with Crippen LogP contribution in [-0.2, 0) is 13.5 Å². The molecule has 0 radical (unpaired) electrons. The van der Waals surface area contributed by atoms with Crippen LogP contribution in [0.5, 0.6) is 0 Å². The molecule has 1 unspecified atom stereocenters. The Morgan fingerprint density at radius 3 is 3.06 bits per heavy atom. The highest BCUT2D eigenvalue weighted by molar-refractivity contribution is 5.74. The summed E-state index contributed by atoms with van der Waals surface area (Å²) in [5.41, 5.74) is 8.23. The zero-order valence-electron chi connectivity index (χ0n) is 9.43. The van der Waals surface area contributed by atoms with Crippen LogP contribution in [0.25, 0.3) is 11.0 Å². The van der Waals surface area contributed by atoms with E-state index in [1.54, 1.807) is 6.20 Å². The number of hydrogen-bond donors (Lipinski definition) is 1. The van der Waals surface area contributed by atoms with E-state index in [-0.39, 0.29) is 6.04 Å². The molecule has 0 spiro atoms. The second-order valence-electron chi connectivity index (χ2n) is 4.66. The minimum absolute atomic E-state index is 0.267. The van der Waals surface area contributed by atoms with E-state index < -0.39 is 0 Å². The molecule has 1 aliphatic carbocycles. The van der Waals surface area contributed by atoms with Gasteiger partial charge in [0.25, 0.3) is 0 Å². The number of rotatable bonds is 3. The van der Waals surface area contributed by atoms with Crippen LogP contribution in [0.4, 0.5) is 0 Å². The largest absolute Gasteiger partial charge is 0.331 e. The van der Waals surface area contributed by atoms with Gasteiger partial charge in [-0.05, 0) is 24.8 Å². The molecule has 4 heteroatoms. The standard InChI is InChI=1S/C12H16N4/c1-16-11-4-5-14-7-10(11)15-12(16)6-9(13)8-2-3-8/h4-5,7-9H,2-3,6,13H2,1H3. The molecule has 2 aromatic rings. The molecule has 0 amide bonds. The molecule has 2 N–H and O–H groups in total. The second kappa shape index (κ2) is 3.56. The monoisotopic (exact) mass is 216 g/mol. The van der Waals surface area contributed by atoms with Crippen LogP contribution < -0.4 is 5.73 Å². The zero-order valence-corrected chi connectivity index (χ0v) is 9.43. The maximum atomic E-state index is 6.13. The molecule has 84 valence electrons. The van der Waals surface area contributed by atoms with Crippen molar-refractivity contribution in [2.24, 2.45) is 18.7 Å². The van der Waals surface area contributed by atoms with Gasteiger partial charge in [-0.15, -0.1) is 0 Å². The van der Waals surface area contributed by atoms with E-state index in [2.05, 4.69) is 14.5 Å². The number of fused-ring (bicyclic) bond motifs is 1. The van der Waals surface area contributed by atoms with Gasteiger partial charge in [-0.25, -0.2) is 4.98 Å². The highest BCUT2D eigenvalue weighted by Crippen LogP contribution is 2.32. The molecule has 1 aliphatic rings. The third-order valence-corrected chi connectivity index (χ3v) is 3.42. The smallest absolute Gasteiger partial charge is 0.111 e. The highest BCUT2D eigenvalue weighted by Gasteiger charge is 2.29. The molecule has 16 heavy (non-hydrogen) atoms. The van der Waals surface area contributed by atoms with Gasteiger partial charge in [0.2, 0.25) is 0 Å². The summed E-state index contributed by atoms with van der Waals surface area (Å²) in [6.45, 7) is 0. The van der Waals surface area contributed by atoms with Gasteiger partial charge in [-0.2, -0.15) is 0 Å². The van der Waals surface area contributed by atoms with Crippen LogP contribution in [0.2, 0.25) is 0 Å². The molecule has 1 fully saturated rings. The molecule has 1 saturated carbocycles. The van der Waals surface area contributed by atoms with Crippen molar-refractivity contribution in [3.05, 3.63) is 24.3 Å². The Morgan fingerprint density at radius 2 is 2.38 bits per heavy atom. The first-order chi connectivity index (χ1) is 7.75. The first kappa shape index (κ1) is 9.78. The quantitative estimate of drug-likeness (QED) is 0.840. The van der Waals surface area contributed by atoms with Gasteiger partial charge >= 0.3 is 0 Å². The van der Waals surface area contributed by atoms with Gasteiger partial charge < -0.3 is 10.3 Å². The summed E-state index contributed by atoms with van der Waals surface area (Å²) in [5, 5.41) is 0. The summed E-state index contributed by atoms with van der Waals surface area (Å²) in [7, 11) is 2.05. The fourth-order valence-corrected chi connectivity index (χ4v) is 2.19. The minimum atomic E-state index is 0.267. The Morgan fingerprint density at radius 1 is 1.56 bits per heavy atom. The Hall–Kier alpha value is -1.42. The third kappa shape index (κ3) is 1.59. The first-order valence-electron chi connectivity index (χ1n) is 5.76. The van der Waals surface area contributed by atoms with Crippen LogP contribution in [0.1, 0.15) is 18.7 Å². The lowest BCUT2D eigenvalue weighted by atomic mass is 10.1. The molecular weight excluding hydrogens is 200 g/mol. The molecule has 0 bridgehead atoms. The summed E-state index contributed by atoms with van der Waals surface area (Å²) in [6.07, 6.45) is 7.05. The fourth-order valence-electron chi connectivity index (χ4n) is 2.19. The number of nitrogens with two attached hydrogens (primary N) is 1. The van der Waals surface area contributed by atoms with Crippen molar-refractivity contribution < 1.29 is 0 Å². The van der Waals surface area contributed by atoms with E-state index in [1.807, 2.05) is 19.3 Å². The van der Waals surface area contributed by atoms with Gasteiger partial charge in [0.1, 0.15) is 11.3 Å².